The zero-order valence-corrected chi connectivity index (χ0v) is 15.6. The number of alkyl carbamates (subject to hydrolysis) is 1. The van der Waals surface area contributed by atoms with Gasteiger partial charge in [0.15, 0.2) is 0 Å². The Morgan fingerprint density at radius 1 is 1.30 bits per heavy atom. The summed E-state index contributed by atoms with van der Waals surface area (Å²) in [7, 11) is 0. The molecule has 2 N–H and O–H groups in total. The van der Waals surface area contributed by atoms with Crippen LogP contribution in [0.2, 0.25) is 0 Å². The van der Waals surface area contributed by atoms with Crippen molar-refractivity contribution < 1.29 is 9.53 Å². The van der Waals surface area contributed by atoms with Crippen LogP contribution in [0.1, 0.15) is 69.3 Å². The van der Waals surface area contributed by atoms with Crippen LogP contribution in [-0.4, -0.2) is 28.8 Å². The van der Waals surface area contributed by atoms with Gasteiger partial charge in [0.05, 0.1) is 5.01 Å². The van der Waals surface area contributed by atoms with Crippen molar-refractivity contribution in [3.63, 3.8) is 0 Å². The molecule has 1 aliphatic carbocycles. The van der Waals surface area contributed by atoms with Gasteiger partial charge in [-0.15, -0.1) is 11.3 Å². The maximum Gasteiger partial charge on any atom is 0.407 e. The number of hydrogen-bond donors (Lipinski definition) is 2. The van der Waals surface area contributed by atoms with Crippen LogP contribution in [0.4, 0.5) is 4.79 Å². The molecule has 23 heavy (non-hydrogen) atoms. The summed E-state index contributed by atoms with van der Waals surface area (Å²) in [5, 5.41) is 7.78. The molecule has 6 heteroatoms. The van der Waals surface area contributed by atoms with Gasteiger partial charge in [0.25, 0.3) is 0 Å². The smallest absolute Gasteiger partial charge is 0.407 e. The van der Waals surface area contributed by atoms with Crippen LogP contribution in [0.3, 0.4) is 0 Å². The predicted octanol–water partition coefficient (Wildman–Crippen LogP) is 3.94. The zero-order valence-electron chi connectivity index (χ0n) is 14.8. The fraction of sp³-hybridized carbons (Fsp3) is 0.765. The first kappa shape index (κ1) is 18.2. The molecule has 1 fully saturated rings. The fourth-order valence-electron chi connectivity index (χ4n) is 2.89. The lowest BCUT2D eigenvalue weighted by atomic mass is 9.91. The van der Waals surface area contributed by atoms with Crippen molar-refractivity contribution in [3.05, 3.63) is 16.1 Å². The number of nitrogens with zero attached hydrogens (tertiary/aromatic N) is 1. The molecule has 1 heterocycles. The van der Waals surface area contributed by atoms with Crippen molar-refractivity contribution in [2.75, 3.05) is 0 Å². The van der Waals surface area contributed by atoms with Crippen molar-refractivity contribution in [2.45, 2.75) is 84.0 Å². The molecule has 0 radical (unpaired) electrons. The molecule has 1 atom stereocenters. The molecular formula is C17H29N3O2S. The highest BCUT2D eigenvalue weighted by Gasteiger charge is 2.25. The molecule has 0 bridgehead atoms. The number of carbonyl (C=O) groups excluding carboxylic acids is 1. The van der Waals surface area contributed by atoms with E-state index in [4.69, 9.17) is 4.74 Å². The minimum absolute atomic E-state index is 0.226. The SMILES string of the molecule is Cc1ncc(C(C)NC2CCC(NC(=O)OC(C)(C)C)CC2)s1. The highest BCUT2D eigenvalue weighted by Crippen LogP contribution is 2.25. The Labute approximate surface area is 143 Å². The first-order chi connectivity index (χ1) is 10.7. The first-order valence-electron chi connectivity index (χ1n) is 8.41. The van der Waals surface area contributed by atoms with Gasteiger partial charge in [-0.3, -0.25) is 0 Å². The summed E-state index contributed by atoms with van der Waals surface area (Å²) in [4.78, 5) is 17.4. The van der Waals surface area contributed by atoms with Crippen LogP contribution in [-0.2, 0) is 4.74 Å². The molecule has 0 aromatic carbocycles. The van der Waals surface area contributed by atoms with Crippen LogP contribution in [0.5, 0.6) is 0 Å². The molecule has 0 aliphatic heterocycles. The van der Waals surface area contributed by atoms with Gasteiger partial charge in [-0.05, 0) is 60.3 Å². The van der Waals surface area contributed by atoms with Crippen LogP contribution in [0.15, 0.2) is 6.20 Å². The summed E-state index contributed by atoms with van der Waals surface area (Å²) in [6.45, 7) is 9.88. The second-order valence-corrected chi connectivity index (χ2v) is 8.63. The highest BCUT2D eigenvalue weighted by atomic mass is 32.1. The number of aromatic nitrogens is 1. The van der Waals surface area contributed by atoms with Crippen LogP contribution >= 0.6 is 11.3 Å². The zero-order chi connectivity index (χ0) is 17.0. The van der Waals surface area contributed by atoms with Crippen molar-refractivity contribution in [2.24, 2.45) is 0 Å². The van der Waals surface area contributed by atoms with E-state index in [2.05, 4.69) is 22.5 Å². The van der Waals surface area contributed by atoms with Crippen LogP contribution in [0.25, 0.3) is 0 Å². The van der Waals surface area contributed by atoms with Gasteiger partial charge in [0, 0.05) is 29.2 Å². The van der Waals surface area contributed by atoms with E-state index in [1.807, 2.05) is 33.9 Å². The molecule has 130 valence electrons. The number of carbonyl (C=O) groups is 1. The Balaban J connectivity index is 1.72. The summed E-state index contributed by atoms with van der Waals surface area (Å²) < 4.78 is 5.32. The lowest BCUT2D eigenvalue weighted by molar-refractivity contribution is 0.0489. The molecule has 5 nitrogen and oxygen atoms in total. The number of rotatable bonds is 4. The number of amides is 1. The topological polar surface area (TPSA) is 63.2 Å². The maximum atomic E-state index is 11.8. The highest BCUT2D eigenvalue weighted by molar-refractivity contribution is 7.11. The Hall–Kier alpha value is -1.14. The summed E-state index contributed by atoms with van der Waals surface area (Å²) >= 11 is 1.75. The Bertz CT molecular complexity index is 516. The fourth-order valence-corrected chi connectivity index (χ4v) is 3.69. The van der Waals surface area contributed by atoms with E-state index in [1.165, 1.54) is 4.88 Å². The minimum atomic E-state index is -0.439. The molecule has 1 unspecified atom stereocenters. The van der Waals surface area contributed by atoms with E-state index in [9.17, 15) is 4.79 Å². The summed E-state index contributed by atoms with van der Waals surface area (Å²) in [5.74, 6) is 0. The largest absolute Gasteiger partial charge is 0.444 e. The Morgan fingerprint density at radius 2 is 1.91 bits per heavy atom. The number of hydrogen-bond acceptors (Lipinski definition) is 5. The molecule has 1 saturated carbocycles. The Kier molecular flexibility index (Phi) is 6.03. The van der Waals surface area contributed by atoms with Gasteiger partial charge >= 0.3 is 6.09 Å². The third-order valence-electron chi connectivity index (χ3n) is 4.00. The van der Waals surface area contributed by atoms with E-state index in [-0.39, 0.29) is 12.1 Å². The molecule has 1 aromatic rings. The number of thiazole rings is 1. The molecule has 0 spiro atoms. The van der Waals surface area contributed by atoms with Crippen molar-refractivity contribution in [1.29, 1.82) is 0 Å². The molecular weight excluding hydrogens is 310 g/mol. The van der Waals surface area contributed by atoms with Crippen LogP contribution < -0.4 is 10.6 Å². The molecule has 2 rings (SSSR count). The average Bonchev–Trinajstić information content (AvgIpc) is 2.85. The lowest BCUT2D eigenvalue weighted by Gasteiger charge is -2.32. The third-order valence-corrected chi connectivity index (χ3v) is 5.10. The van der Waals surface area contributed by atoms with E-state index < -0.39 is 5.60 Å². The van der Waals surface area contributed by atoms with Crippen LogP contribution in [0, 0.1) is 6.92 Å². The van der Waals surface area contributed by atoms with E-state index in [1.54, 1.807) is 11.3 Å². The average molecular weight is 340 g/mol. The van der Waals surface area contributed by atoms with Gasteiger partial charge in [0.2, 0.25) is 0 Å². The number of nitrogens with one attached hydrogen (secondary N) is 2. The number of ether oxygens (including phenoxy) is 1. The van der Waals surface area contributed by atoms with E-state index in [0.29, 0.717) is 12.1 Å². The van der Waals surface area contributed by atoms with Crippen molar-refractivity contribution in [1.82, 2.24) is 15.6 Å². The van der Waals surface area contributed by atoms with Gasteiger partial charge in [0.1, 0.15) is 5.60 Å². The molecule has 0 saturated heterocycles. The van der Waals surface area contributed by atoms with Gasteiger partial charge in [-0.1, -0.05) is 0 Å². The Morgan fingerprint density at radius 3 is 2.43 bits per heavy atom. The van der Waals surface area contributed by atoms with Gasteiger partial charge < -0.3 is 15.4 Å². The second kappa shape index (κ2) is 7.62. The summed E-state index contributed by atoms with van der Waals surface area (Å²) in [5.41, 5.74) is -0.439. The number of aryl methyl sites for hydroxylation is 1. The third kappa shape index (κ3) is 6.11. The van der Waals surface area contributed by atoms with Gasteiger partial charge in [-0.25, -0.2) is 9.78 Å². The lowest BCUT2D eigenvalue weighted by Crippen LogP contribution is -2.44. The van der Waals surface area contributed by atoms with E-state index in [0.717, 1.165) is 30.7 Å². The van der Waals surface area contributed by atoms with Gasteiger partial charge in [-0.2, -0.15) is 0 Å². The normalized spacial score (nSPS) is 23.3. The standard InChI is InChI=1S/C17H29N3O2S/c1-11(15-10-18-12(2)23-15)19-13-6-8-14(9-7-13)20-16(21)22-17(3,4)5/h10-11,13-14,19H,6-9H2,1-5H3,(H,20,21). The second-order valence-electron chi connectivity index (χ2n) is 7.36. The summed E-state index contributed by atoms with van der Waals surface area (Å²) in [6, 6.07) is 1.06. The first-order valence-corrected chi connectivity index (χ1v) is 9.22. The quantitative estimate of drug-likeness (QED) is 0.872. The monoisotopic (exact) mass is 339 g/mol. The molecule has 1 aliphatic rings. The predicted molar refractivity (Wildman–Crippen MR) is 93.8 cm³/mol. The maximum absolute atomic E-state index is 11.8. The van der Waals surface area contributed by atoms with E-state index >= 15 is 0 Å². The molecule has 1 aromatic heterocycles. The minimum Gasteiger partial charge on any atom is -0.444 e. The molecule has 1 amide bonds. The van der Waals surface area contributed by atoms with Crippen molar-refractivity contribution in [3.8, 4) is 0 Å². The summed E-state index contributed by atoms with van der Waals surface area (Å²) in [6.07, 6.45) is 5.79. The van der Waals surface area contributed by atoms with Crippen molar-refractivity contribution >= 4 is 17.4 Å².